The molecule has 0 aliphatic heterocycles. The molecule has 0 saturated heterocycles. The standard InChI is InChI=1S/C15H19N5O2/c1-22-8-4-7-17-15(21)13-10-20-14(11-18-13)19-9-12-5-2-3-6-16-12/h2-3,5-6,10-11H,4,7-9H2,1H3,(H,17,21)(H,19,20). The van der Waals surface area contributed by atoms with Crippen molar-refractivity contribution in [3.8, 4) is 0 Å². The van der Waals surface area contributed by atoms with Crippen LogP contribution in [-0.4, -0.2) is 41.1 Å². The van der Waals surface area contributed by atoms with Crippen LogP contribution in [0.2, 0.25) is 0 Å². The fourth-order valence-corrected chi connectivity index (χ4v) is 1.73. The van der Waals surface area contributed by atoms with Gasteiger partial charge in [0.05, 0.1) is 24.6 Å². The molecule has 2 aromatic rings. The predicted molar refractivity (Wildman–Crippen MR) is 82.4 cm³/mol. The zero-order valence-electron chi connectivity index (χ0n) is 12.5. The summed E-state index contributed by atoms with van der Waals surface area (Å²) in [5.74, 6) is 0.362. The van der Waals surface area contributed by atoms with Crippen molar-refractivity contribution in [3.63, 3.8) is 0 Å². The molecule has 0 unspecified atom stereocenters. The normalized spacial score (nSPS) is 10.2. The van der Waals surface area contributed by atoms with Gasteiger partial charge in [-0.3, -0.25) is 9.78 Å². The van der Waals surface area contributed by atoms with E-state index >= 15 is 0 Å². The van der Waals surface area contributed by atoms with Crippen LogP contribution in [-0.2, 0) is 11.3 Å². The Labute approximate surface area is 129 Å². The van der Waals surface area contributed by atoms with Gasteiger partial charge in [0, 0.05) is 26.5 Å². The Kier molecular flexibility index (Phi) is 6.25. The number of aromatic nitrogens is 3. The molecule has 2 N–H and O–H groups in total. The van der Waals surface area contributed by atoms with E-state index < -0.39 is 0 Å². The van der Waals surface area contributed by atoms with Gasteiger partial charge in [0.2, 0.25) is 0 Å². The second-order valence-corrected chi connectivity index (χ2v) is 4.56. The first-order valence-electron chi connectivity index (χ1n) is 7.02. The van der Waals surface area contributed by atoms with Crippen molar-refractivity contribution in [2.75, 3.05) is 25.6 Å². The molecule has 1 amide bonds. The second kappa shape index (κ2) is 8.68. The molecule has 0 saturated carbocycles. The SMILES string of the molecule is COCCCNC(=O)c1cnc(NCc2ccccn2)cn1. The van der Waals surface area contributed by atoms with Crippen molar-refractivity contribution in [1.29, 1.82) is 0 Å². The molecule has 2 aromatic heterocycles. The first kappa shape index (κ1) is 15.8. The average molecular weight is 301 g/mol. The minimum Gasteiger partial charge on any atom is -0.385 e. The van der Waals surface area contributed by atoms with Crippen LogP contribution in [0.5, 0.6) is 0 Å². The maximum Gasteiger partial charge on any atom is 0.271 e. The van der Waals surface area contributed by atoms with Crippen LogP contribution < -0.4 is 10.6 Å². The van der Waals surface area contributed by atoms with Gasteiger partial charge in [-0.05, 0) is 18.6 Å². The number of nitrogens with zero attached hydrogens (tertiary/aromatic N) is 3. The molecule has 116 valence electrons. The molecule has 0 bridgehead atoms. The Bertz CT molecular complexity index is 574. The van der Waals surface area contributed by atoms with Crippen molar-refractivity contribution in [2.24, 2.45) is 0 Å². The van der Waals surface area contributed by atoms with Gasteiger partial charge in [0.15, 0.2) is 0 Å². The Balaban J connectivity index is 1.81. The molecular weight excluding hydrogens is 282 g/mol. The minimum atomic E-state index is -0.236. The molecule has 2 rings (SSSR count). The highest BCUT2D eigenvalue weighted by molar-refractivity contribution is 5.91. The zero-order chi connectivity index (χ0) is 15.6. The van der Waals surface area contributed by atoms with Gasteiger partial charge < -0.3 is 15.4 Å². The number of nitrogens with one attached hydrogen (secondary N) is 2. The topological polar surface area (TPSA) is 89.0 Å². The Morgan fingerprint density at radius 2 is 2.14 bits per heavy atom. The molecule has 0 spiro atoms. The summed E-state index contributed by atoms with van der Waals surface area (Å²) in [5, 5.41) is 5.86. The van der Waals surface area contributed by atoms with E-state index in [1.807, 2.05) is 18.2 Å². The zero-order valence-corrected chi connectivity index (χ0v) is 12.5. The summed E-state index contributed by atoms with van der Waals surface area (Å²) in [6, 6.07) is 5.71. The van der Waals surface area contributed by atoms with E-state index in [-0.39, 0.29) is 5.91 Å². The average Bonchev–Trinajstić information content (AvgIpc) is 2.58. The number of hydrogen-bond acceptors (Lipinski definition) is 6. The summed E-state index contributed by atoms with van der Waals surface area (Å²) >= 11 is 0. The highest BCUT2D eigenvalue weighted by atomic mass is 16.5. The number of amides is 1. The summed E-state index contributed by atoms with van der Waals surface area (Å²) in [6.45, 7) is 1.72. The number of pyridine rings is 1. The van der Waals surface area contributed by atoms with E-state index in [9.17, 15) is 4.79 Å². The first-order valence-corrected chi connectivity index (χ1v) is 7.02. The van der Waals surface area contributed by atoms with Crippen LogP contribution in [0.1, 0.15) is 22.6 Å². The lowest BCUT2D eigenvalue weighted by Crippen LogP contribution is -2.26. The number of methoxy groups -OCH3 is 1. The van der Waals surface area contributed by atoms with Crippen LogP contribution >= 0.6 is 0 Å². The molecule has 7 heteroatoms. The molecule has 0 aliphatic rings. The van der Waals surface area contributed by atoms with E-state index in [1.165, 1.54) is 12.4 Å². The summed E-state index contributed by atoms with van der Waals surface area (Å²) in [5.41, 5.74) is 1.20. The van der Waals surface area contributed by atoms with Crippen molar-refractivity contribution in [1.82, 2.24) is 20.3 Å². The van der Waals surface area contributed by atoms with Crippen molar-refractivity contribution in [2.45, 2.75) is 13.0 Å². The third-order valence-electron chi connectivity index (χ3n) is 2.87. The van der Waals surface area contributed by atoms with E-state index in [1.54, 1.807) is 13.3 Å². The smallest absolute Gasteiger partial charge is 0.271 e. The van der Waals surface area contributed by atoms with Gasteiger partial charge in [-0.2, -0.15) is 0 Å². The van der Waals surface area contributed by atoms with E-state index in [0.717, 1.165) is 12.1 Å². The highest BCUT2D eigenvalue weighted by Gasteiger charge is 2.07. The minimum absolute atomic E-state index is 0.236. The largest absolute Gasteiger partial charge is 0.385 e. The number of anilines is 1. The Hall–Kier alpha value is -2.54. The highest BCUT2D eigenvalue weighted by Crippen LogP contribution is 2.03. The van der Waals surface area contributed by atoms with Gasteiger partial charge in [0.25, 0.3) is 5.91 Å². The molecule has 22 heavy (non-hydrogen) atoms. The lowest BCUT2D eigenvalue weighted by molar-refractivity contribution is 0.0943. The summed E-state index contributed by atoms with van der Waals surface area (Å²) in [7, 11) is 1.63. The van der Waals surface area contributed by atoms with Crippen molar-refractivity contribution < 1.29 is 9.53 Å². The maximum atomic E-state index is 11.8. The van der Waals surface area contributed by atoms with Crippen LogP contribution in [0, 0.1) is 0 Å². The fourth-order valence-electron chi connectivity index (χ4n) is 1.73. The summed E-state index contributed by atoms with van der Waals surface area (Å²) in [4.78, 5) is 24.3. The van der Waals surface area contributed by atoms with E-state index in [2.05, 4.69) is 25.6 Å². The monoisotopic (exact) mass is 301 g/mol. The molecule has 2 heterocycles. The van der Waals surface area contributed by atoms with E-state index in [4.69, 9.17) is 4.74 Å². The van der Waals surface area contributed by atoms with Crippen LogP contribution in [0.4, 0.5) is 5.82 Å². The van der Waals surface area contributed by atoms with Gasteiger partial charge >= 0.3 is 0 Å². The number of carbonyl (C=O) groups excluding carboxylic acids is 1. The first-order chi connectivity index (χ1) is 10.8. The molecule has 0 radical (unpaired) electrons. The quantitative estimate of drug-likeness (QED) is 0.713. The lowest BCUT2D eigenvalue weighted by atomic mass is 10.3. The van der Waals surface area contributed by atoms with Crippen LogP contribution in [0.15, 0.2) is 36.8 Å². The molecule has 0 fully saturated rings. The van der Waals surface area contributed by atoms with E-state index in [0.29, 0.717) is 31.2 Å². The predicted octanol–water partition coefficient (Wildman–Crippen LogP) is 1.25. The number of rotatable bonds is 8. The fraction of sp³-hybridized carbons (Fsp3) is 0.333. The number of carbonyl (C=O) groups is 1. The van der Waals surface area contributed by atoms with Crippen LogP contribution in [0.3, 0.4) is 0 Å². The Morgan fingerprint density at radius 1 is 1.23 bits per heavy atom. The second-order valence-electron chi connectivity index (χ2n) is 4.56. The number of hydrogen-bond donors (Lipinski definition) is 2. The molecular formula is C15H19N5O2. The summed E-state index contributed by atoms with van der Waals surface area (Å²) < 4.78 is 4.92. The van der Waals surface area contributed by atoms with Crippen molar-refractivity contribution in [3.05, 3.63) is 48.2 Å². The summed E-state index contributed by atoms with van der Waals surface area (Å²) in [6.07, 6.45) is 5.48. The third-order valence-corrected chi connectivity index (χ3v) is 2.87. The molecule has 0 aliphatic carbocycles. The van der Waals surface area contributed by atoms with Crippen molar-refractivity contribution >= 4 is 11.7 Å². The van der Waals surface area contributed by atoms with Gasteiger partial charge in [-0.15, -0.1) is 0 Å². The number of ether oxygens (including phenoxy) is 1. The van der Waals surface area contributed by atoms with Gasteiger partial charge in [-0.25, -0.2) is 9.97 Å². The lowest BCUT2D eigenvalue weighted by Gasteiger charge is -2.06. The van der Waals surface area contributed by atoms with Gasteiger partial charge in [0.1, 0.15) is 11.5 Å². The maximum absolute atomic E-state index is 11.8. The Morgan fingerprint density at radius 3 is 2.82 bits per heavy atom. The third kappa shape index (κ3) is 5.10. The molecule has 7 nitrogen and oxygen atoms in total. The van der Waals surface area contributed by atoms with Gasteiger partial charge in [-0.1, -0.05) is 6.07 Å². The van der Waals surface area contributed by atoms with Crippen LogP contribution in [0.25, 0.3) is 0 Å². The molecule has 0 aromatic carbocycles. The molecule has 0 atom stereocenters.